The standard InChI is InChI=1S/C9H9F4NOS/c1-4(2-15)3-16-7-5(10)8(12)14-9(13)6(7)11/h4,15H,2-3H2,1H3. The van der Waals surface area contributed by atoms with Crippen molar-refractivity contribution in [2.75, 3.05) is 12.4 Å². The third-order valence-corrected chi connectivity index (χ3v) is 3.16. The third-order valence-electron chi connectivity index (χ3n) is 1.78. The average molecular weight is 255 g/mol. The predicted octanol–water partition coefficient (Wildman–Crippen LogP) is 2.36. The van der Waals surface area contributed by atoms with Gasteiger partial charge in [0.15, 0.2) is 11.6 Å². The number of thioether (sulfide) groups is 1. The van der Waals surface area contributed by atoms with Gasteiger partial charge in [0.25, 0.3) is 11.9 Å². The maximum Gasteiger partial charge on any atom is 0.252 e. The zero-order chi connectivity index (χ0) is 12.3. The number of pyridine rings is 1. The van der Waals surface area contributed by atoms with Gasteiger partial charge >= 0.3 is 0 Å². The first-order valence-corrected chi connectivity index (χ1v) is 5.39. The van der Waals surface area contributed by atoms with Crippen LogP contribution < -0.4 is 0 Å². The van der Waals surface area contributed by atoms with Crippen LogP contribution in [0.1, 0.15) is 6.92 Å². The molecular formula is C9H9F4NOS. The highest BCUT2D eigenvalue weighted by Gasteiger charge is 2.21. The van der Waals surface area contributed by atoms with Crippen LogP contribution >= 0.6 is 11.8 Å². The lowest BCUT2D eigenvalue weighted by molar-refractivity contribution is 0.250. The minimum Gasteiger partial charge on any atom is -0.396 e. The Bertz CT molecular complexity index is 362. The molecule has 0 spiro atoms. The topological polar surface area (TPSA) is 33.1 Å². The van der Waals surface area contributed by atoms with Gasteiger partial charge in [0, 0.05) is 12.4 Å². The van der Waals surface area contributed by atoms with Crippen LogP contribution in [0.3, 0.4) is 0 Å². The summed E-state index contributed by atoms with van der Waals surface area (Å²) in [6.07, 6.45) is 0. The molecule has 0 amide bonds. The van der Waals surface area contributed by atoms with E-state index < -0.39 is 28.4 Å². The van der Waals surface area contributed by atoms with Crippen LogP contribution in [0.4, 0.5) is 17.6 Å². The van der Waals surface area contributed by atoms with E-state index in [-0.39, 0.29) is 18.3 Å². The van der Waals surface area contributed by atoms with Gasteiger partial charge in [-0.3, -0.25) is 0 Å². The van der Waals surface area contributed by atoms with Crippen molar-refractivity contribution < 1.29 is 22.7 Å². The Morgan fingerprint density at radius 3 is 2.12 bits per heavy atom. The first-order valence-electron chi connectivity index (χ1n) is 4.41. The van der Waals surface area contributed by atoms with Gasteiger partial charge in [-0.1, -0.05) is 6.92 Å². The molecule has 0 radical (unpaired) electrons. The molecule has 0 aliphatic rings. The molecule has 0 aliphatic heterocycles. The number of nitrogens with zero attached hydrogens (tertiary/aromatic N) is 1. The first kappa shape index (κ1) is 13.2. The molecule has 0 bridgehead atoms. The highest BCUT2D eigenvalue weighted by atomic mass is 32.2. The molecule has 0 saturated carbocycles. The maximum absolute atomic E-state index is 13.1. The van der Waals surface area contributed by atoms with Crippen molar-refractivity contribution in [1.29, 1.82) is 0 Å². The molecule has 7 heteroatoms. The van der Waals surface area contributed by atoms with Crippen molar-refractivity contribution in [1.82, 2.24) is 4.98 Å². The maximum atomic E-state index is 13.1. The predicted molar refractivity (Wildman–Crippen MR) is 51.0 cm³/mol. The lowest BCUT2D eigenvalue weighted by Gasteiger charge is -2.09. The highest BCUT2D eigenvalue weighted by molar-refractivity contribution is 7.99. The Labute approximate surface area is 93.7 Å². The molecule has 1 heterocycles. The molecule has 1 unspecified atom stereocenters. The van der Waals surface area contributed by atoms with Gasteiger partial charge in [-0.25, -0.2) is 8.78 Å². The highest BCUT2D eigenvalue weighted by Crippen LogP contribution is 2.28. The molecule has 1 rings (SSSR count). The van der Waals surface area contributed by atoms with Crippen LogP contribution in [-0.4, -0.2) is 22.5 Å². The van der Waals surface area contributed by atoms with Gasteiger partial charge in [0.2, 0.25) is 0 Å². The molecule has 1 atom stereocenters. The summed E-state index contributed by atoms with van der Waals surface area (Å²) >= 11 is 0.605. The van der Waals surface area contributed by atoms with Gasteiger partial charge in [-0.2, -0.15) is 13.8 Å². The molecule has 1 N–H and O–H groups in total. The third kappa shape index (κ3) is 2.85. The van der Waals surface area contributed by atoms with Crippen LogP contribution in [0.5, 0.6) is 0 Å². The Morgan fingerprint density at radius 2 is 1.69 bits per heavy atom. The summed E-state index contributed by atoms with van der Waals surface area (Å²) in [7, 11) is 0. The number of aromatic nitrogens is 1. The Kier molecular flexibility index (Phi) is 4.55. The number of halogens is 4. The fourth-order valence-corrected chi connectivity index (χ4v) is 1.85. The van der Waals surface area contributed by atoms with Crippen LogP contribution in [0, 0.1) is 29.4 Å². The summed E-state index contributed by atoms with van der Waals surface area (Å²) in [5, 5.41) is 8.70. The second-order valence-electron chi connectivity index (χ2n) is 3.25. The minimum atomic E-state index is -1.67. The zero-order valence-electron chi connectivity index (χ0n) is 8.31. The van der Waals surface area contributed by atoms with E-state index in [4.69, 9.17) is 5.11 Å². The molecule has 2 nitrogen and oxygen atoms in total. The second kappa shape index (κ2) is 5.49. The van der Waals surface area contributed by atoms with Crippen LogP contribution in [0.15, 0.2) is 4.90 Å². The SMILES string of the molecule is CC(CO)CSc1c(F)c(F)nc(F)c1F. The Morgan fingerprint density at radius 1 is 1.19 bits per heavy atom. The molecule has 0 fully saturated rings. The van der Waals surface area contributed by atoms with Gasteiger partial charge < -0.3 is 5.11 Å². The van der Waals surface area contributed by atoms with Gasteiger partial charge in [0.1, 0.15) is 0 Å². The first-order chi connectivity index (χ1) is 7.47. The van der Waals surface area contributed by atoms with E-state index in [2.05, 4.69) is 4.98 Å². The van der Waals surface area contributed by atoms with Gasteiger partial charge in [-0.05, 0) is 5.92 Å². The smallest absolute Gasteiger partial charge is 0.252 e. The van der Waals surface area contributed by atoms with E-state index >= 15 is 0 Å². The molecule has 0 aromatic carbocycles. The lowest BCUT2D eigenvalue weighted by atomic mass is 10.2. The number of rotatable bonds is 4. The van der Waals surface area contributed by atoms with Crippen molar-refractivity contribution in [2.24, 2.45) is 5.92 Å². The summed E-state index contributed by atoms with van der Waals surface area (Å²) in [5.41, 5.74) is 0. The summed E-state index contributed by atoms with van der Waals surface area (Å²) in [6, 6.07) is 0. The van der Waals surface area contributed by atoms with Crippen molar-refractivity contribution in [3.8, 4) is 0 Å². The lowest BCUT2D eigenvalue weighted by Crippen LogP contribution is -2.06. The molecule has 90 valence electrons. The van der Waals surface area contributed by atoms with Crippen LogP contribution in [-0.2, 0) is 0 Å². The van der Waals surface area contributed by atoms with Crippen LogP contribution in [0.2, 0.25) is 0 Å². The Hall–Kier alpha value is -0.820. The van der Waals surface area contributed by atoms with Crippen molar-refractivity contribution in [3.05, 3.63) is 23.5 Å². The summed E-state index contributed by atoms with van der Waals surface area (Å²) in [4.78, 5) is 1.69. The summed E-state index contributed by atoms with van der Waals surface area (Å²) in [6.45, 7) is 1.46. The molecule has 0 aliphatic carbocycles. The average Bonchev–Trinajstić information content (AvgIpc) is 2.26. The number of hydrogen-bond acceptors (Lipinski definition) is 3. The normalized spacial score (nSPS) is 12.9. The van der Waals surface area contributed by atoms with Crippen molar-refractivity contribution in [2.45, 2.75) is 11.8 Å². The fourth-order valence-electron chi connectivity index (χ4n) is 0.873. The molecular weight excluding hydrogens is 246 g/mol. The molecule has 1 aromatic rings. The molecule has 16 heavy (non-hydrogen) atoms. The van der Waals surface area contributed by atoms with E-state index in [0.717, 1.165) is 0 Å². The molecule has 0 saturated heterocycles. The number of aliphatic hydroxyl groups excluding tert-OH is 1. The van der Waals surface area contributed by atoms with E-state index in [9.17, 15) is 17.6 Å². The van der Waals surface area contributed by atoms with E-state index in [1.54, 1.807) is 6.92 Å². The zero-order valence-corrected chi connectivity index (χ0v) is 9.12. The fraction of sp³-hybridized carbons (Fsp3) is 0.444. The summed E-state index contributed by atoms with van der Waals surface area (Å²) in [5.74, 6) is -6.44. The van der Waals surface area contributed by atoms with Crippen molar-refractivity contribution in [3.63, 3.8) is 0 Å². The monoisotopic (exact) mass is 255 g/mol. The van der Waals surface area contributed by atoms with Crippen molar-refractivity contribution >= 4 is 11.8 Å². The summed E-state index contributed by atoms with van der Waals surface area (Å²) < 4.78 is 51.5. The van der Waals surface area contributed by atoms with E-state index in [0.29, 0.717) is 11.8 Å². The largest absolute Gasteiger partial charge is 0.396 e. The molecule has 1 aromatic heterocycles. The minimum absolute atomic E-state index is 0.146. The van der Waals surface area contributed by atoms with Gasteiger partial charge in [-0.15, -0.1) is 11.8 Å². The number of aliphatic hydroxyl groups is 1. The number of hydrogen-bond donors (Lipinski definition) is 1. The Balaban J connectivity index is 2.94. The van der Waals surface area contributed by atoms with Crippen LogP contribution in [0.25, 0.3) is 0 Å². The quantitative estimate of drug-likeness (QED) is 0.509. The van der Waals surface area contributed by atoms with E-state index in [1.165, 1.54) is 0 Å². The second-order valence-corrected chi connectivity index (χ2v) is 4.28. The van der Waals surface area contributed by atoms with Gasteiger partial charge in [0.05, 0.1) is 4.90 Å². The van der Waals surface area contributed by atoms with E-state index in [1.807, 2.05) is 0 Å².